The van der Waals surface area contributed by atoms with Gasteiger partial charge in [0.1, 0.15) is 18.2 Å². The molecule has 2 heterocycles. The quantitative estimate of drug-likeness (QED) is 0.0867. The van der Waals surface area contributed by atoms with E-state index < -0.39 is 16.8 Å². The van der Waals surface area contributed by atoms with Crippen LogP contribution < -0.4 is 15.0 Å². The second kappa shape index (κ2) is 20.9. The van der Waals surface area contributed by atoms with Crippen molar-refractivity contribution in [3.05, 3.63) is 95.1 Å². The number of carboxylic acid groups (broad SMARTS) is 1. The van der Waals surface area contributed by atoms with Crippen LogP contribution in [0.15, 0.2) is 77.2 Å². The standard InChI is InChI=1S/C44H57N5O6S/c1-6-8-25-54-26-27-55-39-16-11-34(12-17-39)35-13-20-41-37(28-35)29-36(10-9-22-48(41)24-23-47(5)30-43(50)51)44(52)46-38-14-18-40(19-15-38)56(53)31-42-32(3)45-33(4)49(42)21-7-2/h11-20,28-29H,6-10,21-27,30-31H2,1-5H3,(H,46,52)(H,50,51)/b36-29+. The number of carboxylic acids is 1. The third-order valence-electron chi connectivity index (χ3n) is 9.90. The lowest BCUT2D eigenvalue weighted by Crippen LogP contribution is -2.37. The van der Waals surface area contributed by atoms with Crippen LogP contribution in [0.2, 0.25) is 0 Å². The Bertz CT molecular complexity index is 1970. The fourth-order valence-corrected chi connectivity index (χ4v) is 8.09. The van der Waals surface area contributed by atoms with Crippen molar-refractivity contribution in [3.8, 4) is 16.9 Å². The Balaban J connectivity index is 1.33. The zero-order chi connectivity index (χ0) is 40.0. The number of carbonyl (C=O) groups excluding carboxylic acids is 1. The number of anilines is 2. The van der Waals surface area contributed by atoms with Gasteiger partial charge in [-0.15, -0.1) is 0 Å². The Kier molecular flexibility index (Phi) is 15.8. The molecule has 3 aromatic carbocycles. The van der Waals surface area contributed by atoms with Crippen LogP contribution in [0.3, 0.4) is 0 Å². The molecule has 11 nitrogen and oxygen atoms in total. The zero-order valence-electron chi connectivity index (χ0n) is 33.5. The minimum absolute atomic E-state index is 0.0314. The predicted octanol–water partition coefficient (Wildman–Crippen LogP) is 7.72. The minimum Gasteiger partial charge on any atom is -0.491 e. The number of likely N-dealkylation sites (N-methyl/N-ethyl adjacent to an activating group) is 1. The first-order valence-electron chi connectivity index (χ1n) is 19.7. The second-order valence-corrected chi connectivity index (χ2v) is 15.8. The first-order valence-corrected chi connectivity index (χ1v) is 21.0. The monoisotopic (exact) mass is 783 g/mol. The highest BCUT2D eigenvalue weighted by Crippen LogP contribution is 2.33. The molecular weight excluding hydrogens is 727 g/mol. The van der Waals surface area contributed by atoms with E-state index in [-0.39, 0.29) is 12.5 Å². The van der Waals surface area contributed by atoms with E-state index in [9.17, 15) is 18.9 Å². The SMILES string of the molecule is CCCCOCCOc1ccc(-c2ccc3c(c2)/C=C(/C(=O)Nc2ccc(S(=O)Cc4c(C)nc(C)n4CCC)cc2)CCCN3CCN(C)CC(=O)O)cc1. The lowest BCUT2D eigenvalue weighted by atomic mass is 9.96. The molecule has 300 valence electrons. The first-order chi connectivity index (χ1) is 27.1. The van der Waals surface area contributed by atoms with Gasteiger partial charge < -0.3 is 29.4 Å². The molecule has 0 bridgehead atoms. The number of carbonyl (C=O) groups is 2. The molecule has 1 atom stereocenters. The Morgan fingerprint density at radius 1 is 0.946 bits per heavy atom. The maximum atomic E-state index is 13.8. The van der Waals surface area contributed by atoms with E-state index >= 15 is 0 Å². The summed E-state index contributed by atoms with van der Waals surface area (Å²) >= 11 is 0. The molecular formula is C44H57N5O6S. The van der Waals surface area contributed by atoms with E-state index in [2.05, 4.69) is 51.8 Å². The number of aryl methyl sites for hydroxylation is 2. The number of unbranched alkanes of at least 4 members (excludes halogenated alkanes) is 1. The van der Waals surface area contributed by atoms with Crippen LogP contribution in [0.4, 0.5) is 11.4 Å². The minimum atomic E-state index is -1.27. The van der Waals surface area contributed by atoms with Crippen molar-refractivity contribution in [2.45, 2.75) is 77.0 Å². The van der Waals surface area contributed by atoms with Gasteiger partial charge in [-0.2, -0.15) is 0 Å². The molecule has 1 amide bonds. The number of imidazole rings is 1. The summed E-state index contributed by atoms with van der Waals surface area (Å²) in [5.74, 6) is 1.06. The smallest absolute Gasteiger partial charge is 0.317 e. The number of hydrogen-bond acceptors (Lipinski definition) is 8. The molecule has 56 heavy (non-hydrogen) atoms. The zero-order valence-corrected chi connectivity index (χ0v) is 34.3. The van der Waals surface area contributed by atoms with Gasteiger partial charge in [-0.05, 0) is 118 Å². The van der Waals surface area contributed by atoms with Gasteiger partial charge in [-0.25, -0.2) is 4.98 Å². The van der Waals surface area contributed by atoms with Gasteiger partial charge in [0.05, 0.1) is 41.1 Å². The highest BCUT2D eigenvalue weighted by molar-refractivity contribution is 7.84. The Morgan fingerprint density at radius 3 is 2.41 bits per heavy atom. The first kappa shape index (κ1) is 42.4. The van der Waals surface area contributed by atoms with E-state index in [0.29, 0.717) is 61.2 Å². The summed E-state index contributed by atoms with van der Waals surface area (Å²) in [6.45, 7) is 12.7. The molecule has 0 saturated heterocycles. The fourth-order valence-electron chi connectivity index (χ4n) is 6.87. The average Bonchev–Trinajstić information content (AvgIpc) is 3.43. The number of ether oxygens (including phenoxy) is 2. The van der Waals surface area contributed by atoms with Crippen LogP contribution in [-0.4, -0.2) is 88.7 Å². The van der Waals surface area contributed by atoms with E-state index in [1.165, 1.54) is 0 Å². The molecule has 0 saturated carbocycles. The number of aromatic nitrogens is 2. The van der Waals surface area contributed by atoms with Gasteiger partial charge in [-0.1, -0.05) is 38.5 Å². The van der Waals surface area contributed by atoms with Crippen molar-refractivity contribution in [3.63, 3.8) is 0 Å². The summed E-state index contributed by atoms with van der Waals surface area (Å²) < 4.78 is 27.1. The molecule has 2 N–H and O–H groups in total. The van der Waals surface area contributed by atoms with Crippen molar-refractivity contribution in [1.82, 2.24) is 14.5 Å². The summed E-state index contributed by atoms with van der Waals surface area (Å²) in [5, 5.41) is 12.4. The molecule has 5 rings (SSSR count). The summed E-state index contributed by atoms with van der Waals surface area (Å²) in [4.78, 5) is 34.5. The van der Waals surface area contributed by atoms with E-state index in [1.807, 2.05) is 75.5 Å². The van der Waals surface area contributed by atoms with Gasteiger partial charge in [0.15, 0.2) is 0 Å². The topological polar surface area (TPSA) is 126 Å². The molecule has 1 aromatic heterocycles. The highest BCUT2D eigenvalue weighted by atomic mass is 32.2. The largest absolute Gasteiger partial charge is 0.491 e. The average molecular weight is 784 g/mol. The van der Waals surface area contributed by atoms with E-state index in [4.69, 9.17) is 9.47 Å². The van der Waals surface area contributed by atoms with Gasteiger partial charge >= 0.3 is 5.97 Å². The van der Waals surface area contributed by atoms with Gasteiger partial charge in [0.25, 0.3) is 5.91 Å². The van der Waals surface area contributed by atoms with Gasteiger partial charge in [-0.3, -0.25) is 18.7 Å². The molecule has 1 unspecified atom stereocenters. The van der Waals surface area contributed by atoms with E-state index in [0.717, 1.165) is 84.2 Å². The van der Waals surface area contributed by atoms with Crippen molar-refractivity contribution >= 4 is 40.1 Å². The molecule has 0 spiro atoms. The normalized spacial score (nSPS) is 14.4. The molecule has 0 radical (unpaired) electrons. The number of nitrogens with zero attached hydrogens (tertiary/aromatic N) is 4. The van der Waals surface area contributed by atoms with Crippen molar-refractivity contribution in [2.24, 2.45) is 0 Å². The highest BCUT2D eigenvalue weighted by Gasteiger charge is 2.20. The Hall–Kier alpha value is -4.78. The Morgan fingerprint density at radius 2 is 1.70 bits per heavy atom. The molecule has 12 heteroatoms. The second-order valence-electron chi connectivity index (χ2n) is 14.3. The lowest BCUT2D eigenvalue weighted by molar-refractivity contribution is -0.137. The Labute approximate surface area is 334 Å². The van der Waals surface area contributed by atoms with Crippen molar-refractivity contribution in [2.75, 3.05) is 63.3 Å². The summed E-state index contributed by atoms with van der Waals surface area (Å²) in [7, 11) is 0.544. The summed E-state index contributed by atoms with van der Waals surface area (Å²) in [6.07, 6.45) is 6.41. The van der Waals surface area contributed by atoms with Crippen LogP contribution >= 0.6 is 0 Å². The van der Waals surface area contributed by atoms with Gasteiger partial charge in [0.2, 0.25) is 0 Å². The number of nitrogens with one attached hydrogen (secondary N) is 1. The summed E-state index contributed by atoms with van der Waals surface area (Å²) in [5.41, 5.74) is 7.13. The number of fused-ring (bicyclic) bond motifs is 1. The molecule has 1 aliphatic heterocycles. The van der Waals surface area contributed by atoms with Crippen LogP contribution in [0.5, 0.6) is 5.75 Å². The van der Waals surface area contributed by atoms with Crippen molar-refractivity contribution in [1.29, 1.82) is 0 Å². The predicted molar refractivity (Wildman–Crippen MR) is 225 cm³/mol. The number of benzene rings is 3. The van der Waals surface area contributed by atoms with Crippen molar-refractivity contribution < 1.29 is 28.4 Å². The molecule has 1 aliphatic rings. The maximum absolute atomic E-state index is 13.8. The number of amides is 1. The van der Waals surface area contributed by atoms with Crippen LogP contribution in [-0.2, 0) is 37.4 Å². The third kappa shape index (κ3) is 11.9. The third-order valence-corrected chi connectivity index (χ3v) is 11.2. The lowest BCUT2D eigenvalue weighted by Gasteiger charge is -2.30. The molecule has 0 aliphatic carbocycles. The summed E-state index contributed by atoms with van der Waals surface area (Å²) in [6, 6.07) is 21.5. The van der Waals surface area contributed by atoms with E-state index in [1.54, 1.807) is 4.90 Å². The van der Waals surface area contributed by atoms with Crippen LogP contribution in [0, 0.1) is 13.8 Å². The van der Waals surface area contributed by atoms with Gasteiger partial charge in [0, 0.05) is 54.6 Å². The number of rotatable bonds is 20. The maximum Gasteiger partial charge on any atom is 0.317 e. The molecule has 0 fully saturated rings. The number of aliphatic carboxylic acids is 1. The number of hydrogen-bond donors (Lipinski definition) is 2. The van der Waals surface area contributed by atoms with Crippen LogP contribution in [0.25, 0.3) is 17.2 Å². The molecule has 4 aromatic rings. The van der Waals surface area contributed by atoms with Crippen LogP contribution in [0.1, 0.15) is 68.7 Å². The fraction of sp³-hybridized carbons (Fsp3) is 0.432.